The van der Waals surface area contributed by atoms with Crippen molar-refractivity contribution in [1.29, 1.82) is 0 Å². The average molecular weight is 114 g/mol. The Balaban J connectivity index is 2.77. The molecule has 0 aromatic carbocycles. The minimum absolute atomic E-state index is 0.378. The van der Waals surface area contributed by atoms with E-state index in [0.717, 1.165) is 0 Å². The maximum atomic E-state index is 4.44. The van der Waals surface area contributed by atoms with Crippen molar-refractivity contribution in [2.75, 3.05) is 6.61 Å². The van der Waals surface area contributed by atoms with Crippen molar-refractivity contribution >= 4 is 17.2 Å². The smallest absolute Gasteiger partial charge is 0.171 e. The van der Waals surface area contributed by atoms with Gasteiger partial charge in [0.2, 0.25) is 0 Å². The highest BCUT2D eigenvalue weighted by molar-refractivity contribution is 7.78. The van der Waals surface area contributed by atoms with Crippen molar-refractivity contribution in [3.8, 4) is 0 Å². The SMILES string of the molecule is S=C=C1CON=N1. The number of hydrogen-bond acceptors (Lipinski definition) is 4. The Morgan fingerprint density at radius 1 is 1.86 bits per heavy atom. The zero-order valence-corrected chi connectivity index (χ0v) is 4.23. The summed E-state index contributed by atoms with van der Waals surface area (Å²) in [5, 5.41) is 9.03. The van der Waals surface area contributed by atoms with E-state index in [9.17, 15) is 0 Å². The lowest BCUT2D eigenvalue weighted by atomic mass is 10.6. The van der Waals surface area contributed by atoms with Crippen LogP contribution in [0.3, 0.4) is 0 Å². The molecule has 36 valence electrons. The van der Waals surface area contributed by atoms with Crippen molar-refractivity contribution in [1.82, 2.24) is 0 Å². The Kier molecular flexibility index (Phi) is 1.15. The molecule has 0 unspecified atom stereocenters. The van der Waals surface area contributed by atoms with Crippen LogP contribution >= 0.6 is 12.2 Å². The Hall–Kier alpha value is -0.730. The highest BCUT2D eigenvalue weighted by Crippen LogP contribution is 2.01. The van der Waals surface area contributed by atoms with Crippen molar-refractivity contribution in [2.45, 2.75) is 0 Å². The molecule has 0 aromatic heterocycles. The van der Waals surface area contributed by atoms with E-state index in [4.69, 9.17) is 0 Å². The van der Waals surface area contributed by atoms with E-state index in [1.54, 1.807) is 0 Å². The summed E-state index contributed by atoms with van der Waals surface area (Å²) in [7, 11) is 0. The van der Waals surface area contributed by atoms with Crippen LogP contribution < -0.4 is 0 Å². The first-order chi connectivity index (χ1) is 3.43. The quantitative estimate of drug-likeness (QED) is 0.438. The van der Waals surface area contributed by atoms with Crippen LogP contribution in [0.25, 0.3) is 0 Å². The van der Waals surface area contributed by atoms with Gasteiger partial charge in [0, 0.05) is 5.28 Å². The zero-order chi connectivity index (χ0) is 5.11. The normalized spacial score (nSPS) is 16.3. The van der Waals surface area contributed by atoms with Crippen LogP contribution in [-0.4, -0.2) is 11.6 Å². The molecule has 0 radical (unpaired) electrons. The Morgan fingerprint density at radius 3 is 3.00 bits per heavy atom. The molecule has 0 atom stereocenters. The molecule has 0 saturated carbocycles. The molecule has 0 bridgehead atoms. The van der Waals surface area contributed by atoms with Gasteiger partial charge in [-0.3, -0.25) is 0 Å². The third-order valence-corrected chi connectivity index (χ3v) is 0.774. The van der Waals surface area contributed by atoms with Crippen molar-refractivity contribution < 1.29 is 4.84 Å². The summed E-state index contributed by atoms with van der Waals surface area (Å²) < 4.78 is 0. The first-order valence-corrected chi connectivity index (χ1v) is 2.11. The van der Waals surface area contributed by atoms with Gasteiger partial charge < -0.3 is 4.84 Å². The van der Waals surface area contributed by atoms with Crippen LogP contribution in [0.1, 0.15) is 0 Å². The molecule has 0 aliphatic carbocycles. The molecule has 1 heterocycles. The predicted molar refractivity (Wildman–Crippen MR) is 26.9 cm³/mol. The molecule has 0 N–H and O–H groups in total. The molecule has 1 rings (SSSR count). The molecule has 1 aliphatic rings. The monoisotopic (exact) mass is 114 g/mol. The minimum Gasteiger partial charge on any atom is -0.372 e. The molecular weight excluding hydrogens is 112 g/mol. The minimum atomic E-state index is 0.378. The molecule has 3 nitrogen and oxygen atoms in total. The second-order valence-electron chi connectivity index (χ2n) is 1.00. The third kappa shape index (κ3) is 0.824. The van der Waals surface area contributed by atoms with Gasteiger partial charge in [-0.15, -0.1) is 5.11 Å². The van der Waals surface area contributed by atoms with Gasteiger partial charge >= 0.3 is 0 Å². The molecule has 1 aliphatic heterocycles. The first kappa shape index (κ1) is 4.43. The lowest BCUT2D eigenvalue weighted by Crippen LogP contribution is -1.79. The maximum Gasteiger partial charge on any atom is 0.171 e. The van der Waals surface area contributed by atoms with Crippen LogP contribution in [0.5, 0.6) is 0 Å². The Labute approximate surface area is 45.6 Å². The van der Waals surface area contributed by atoms with Crippen molar-refractivity contribution in [3.63, 3.8) is 0 Å². The summed E-state index contributed by atoms with van der Waals surface area (Å²) in [5.74, 6) is 0. The number of hydrogen-bond donors (Lipinski definition) is 0. The second-order valence-corrected chi connectivity index (χ2v) is 1.21. The van der Waals surface area contributed by atoms with Gasteiger partial charge in [0.25, 0.3) is 0 Å². The fourth-order valence-electron chi connectivity index (χ4n) is 0.247. The molecule has 0 fully saturated rings. The standard InChI is InChI=1S/C3H2N2OS/c7-2-3-1-6-5-4-3/h1H2. The number of rotatable bonds is 0. The largest absolute Gasteiger partial charge is 0.372 e. The fraction of sp³-hybridized carbons (Fsp3) is 0.333. The summed E-state index contributed by atoms with van der Waals surface area (Å²) >= 11 is 4.39. The summed E-state index contributed by atoms with van der Waals surface area (Å²) in [6.07, 6.45) is 0. The summed E-state index contributed by atoms with van der Waals surface area (Å²) in [5.41, 5.74) is 0.593. The van der Waals surface area contributed by atoms with Crippen LogP contribution in [-0.2, 0) is 4.84 Å². The molecule has 0 aromatic rings. The van der Waals surface area contributed by atoms with Gasteiger partial charge in [-0.1, -0.05) is 0 Å². The van der Waals surface area contributed by atoms with Gasteiger partial charge in [0.15, 0.2) is 12.3 Å². The molecule has 0 spiro atoms. The summed E-state index contributed by atoms with van der Waals surface area (Å²) in [6.45, 7) is 0.378. The van der Waals surface area contributed by atoms with E-state index < -0.39 is 0 Å². The highest BCUT2D eigenvalue weighted by Gasteiger charge is 1.99. The van der Waals surface area contributed by atoms with E-state index in [1.807, 2.05) is 0 Å². The molecule has 7 heavy (non-hydrogen) atoms. The van der Waals surface area contributed by atoms with Gasteiger partial charge in [-0.2, -0.15) is 0 Å². The average Bonchev–Trinajstić information content (AvgIpc) is 2.14. The van der Waals surface area contributed by atoms with Crippen LogP contribution in [0.15, 0.2) is 16.1 Å². The summed E-state index contributed by atoms with van der Waals surface area (Å²) in [6, 6.07) is 0. The molecule has 0 saturated heterocycles. The van der Waals surface area contributed by atoms with E-state index in [0.29, 0.717) is 12.3 Å². The van der Waals surface area contributed by atoms with Crippen LogP contribution in [0.2, 0.25) is 0 Å². The molecule has 0 amide bonds. The highest BCUT2D eigenvalue weighted by atomic mass is 32.1. The van der Waals surface area contributed by atoms with Gasteiger partial charge in [0.05, 0.1) is 0 Å². The van der Waals surface area contributed by atoms with E-state index in [-0.39, 0.29) is 0 Å². The lowest BCUT2D eigenvalue weighted by molar-refractivity contribution is 0.180. The topological polar surface area (TPSA) is 34.0 Å². The second kappa shape index (κ2) is 1.82. The third-order valence-electron chi connectivity index (χ3n) is 0.538. The van der Waals surface area contributed by atoms with E-state index >= 15 is 0 Å². The Bertz CT molecular complexity index is 147. The van der Waals surface area contributed by atoms with Gasteiger partial charge in [0.1, 0.15) is 0 Å². The Morgan fingerprint density at radius 2 is 2.71 bits per heavy atom. The van der Waals surface area contributed by atoms with Crippen LogP contribution in [0, 0.1) is 0 Å². The fourth-order valence-corrected chi connectivity index (χ4v) is 0.347. The number of thiocarbonyl (C=S) groups is 1. The van der Waals surface area contributed by atoms with Crippen molar-refractivity contribution in [3.05, 3.63) is 5.70 Å². The maximum absolute atomic E-state index is 4.44. The first-order valence-electron chi connectivity index (χ1n) is 1.70. The molecular formula is C3H2N2OS. The number of nitrogens with zero attached hydrogens (tertiary/aromatic N) is 2. The summed E-state index contributed by atoms with van der Waals surface area (Å²) in [4.78, 5) is 4.44. The molecule has 4 heteroatoms. The van der Waals surface area contributed by atoms with E-state index in [1.165, 1.54) is 0 Å². The lowest BCUT2D eigenvalue weighted by Gasteiger charge is -1.75. The zero-order valence-electron chi connectivity index (χ0n) is 3.42. The van der Waals surface area contributed by atoms with Gasteiger partial charge in [-0.25, -0.2) is 0 Å². The van der Waals surface area contributed by atoms with Gasteiger partial charge in [-0.05, 0) is 17.2 Å². The predicted octanol–water partition coefficient (Wildman–Crippen LogP) is 0.866. The van der Waals surface area contributed by atoms with Crippen molar-refractivity contribution in [2.24, 2.45) is 10.4 Å². The van der Waals surface area contributed by atoms with Crippen LogP contribution in [0.4, 0.5) is 0 Å². The van der Waals surface area contributed by atoms with E-state index in [2.05, 4.69) is 32.5 Å².